The molecule has 1 atom stereocenters. The molecule has 0 fully saturated rings. The van der Waals surface area contributed by atoms with Gasteiger partial charge in [0, 0.05) is 19.3 Å². The summed E-state index contributed by atoms with van der Waals surface area (Å²) in [6.45, 7) is 5.85. The van der Waals surface area contributed by atoms with Crippen molar-refractivity contribution in [2.75, 3.05) is 18.5 Å². The molecule has 2 rings (SSSR count). The zero-order valence-corrected chi connectivity index (χ0v) is 9.33. The van der Waals surface area contributed by atoms with E-state index in [1.165, 1.54) is 24.2 Å². The zero-order chi connectivity index (χ0) is 10.1. The lowest BCUT2D eigenvalue weighted by Crippen LogP contribution is -2.34. The van der Waals surface area contributed by atoms with Gasteiger partial charge in [-0.3, -0.25) is 0 Å². The molecule has 1 aliphatic heterocycles. The fourth-order valence-electron chi connectivity index (χ4n) is 2.30. The Morgan fingerprint density at radius 2 is 2.00 bits per heavy atom. The van der Waals surface area contributed by atoms with Crippen molar-refractivity contribution in [1.82, 2.24) is 0 Å². The van der Waals surface area contributed by atoms with E-state index in [1.54, 1.807) is 0 Å². The molecule has 0 aliphatic carbocycles. The number of hydrogen-bond donors (Lipinski definition) is 0. The first-order valence-corrected chi connectivity index (χ1v) is 5.47. The highest BCUT2D eigenvalue weighted by Crippen LogP contribution is 2.31. The lowest BCUT2D eigenvalue weighted by molar-refractivity contribution is 0.375. The predicted octanol–water partition coefficient (Wildman–Crippen LogP) is 2.95. The lowest BCUT2D eigenvalue weighted by Gasteiger charge is -2.35. The van der Waals surface area contributed by atoms with Crippen LogP contribution < -0.4 is 4.90 Å². The highest BCUT2D eigenvalue weighted by molar-refractivity contribution is 5.55. The SMILES string of the molecule is CC(C)[C@@H]1Cc2ccccc2N(C)C1. The molecule has 0 N–H and O–H groups in total. The van der Waals surface area contributed by atoms with Gasteiger partial charge < -0.3 is 4.90 Å². The van der Waals surface area contributed by atoms with Crippen LogP contribution in [0.15, 0.2) is 24.3 Å². The number of para-hydroxylation sites is 1. The average Bonchev–Trinajstić information content (AvgIpc) is 2.17. The van der Waals surface area contributed by atoms with Crippen LogP contribution in [0.1, 0.15) is 19.4 Å². The van der Waals surface area contributed by atoms with E-state index in [4.69, 9.17) is 0 Å². The Kier molecular flexibility index (Phi) is 2.49. The van der Waals surface area contributed by atoms with Crippen LogP contribution in [0.3, 0.4) is 0 Å². The summed E-state index contributed by atoms with van der Waals surface area (Å²) in [7, 11) is 2.20. The van der Waals surface area contributed by atoms with Crippen LogP contribution in [0.2, 0.25) is 0 Å². The van der Waals surface area contributed by atoms with Crippen LogP contribution >= 0.6 is 0 Å². The van der Waals surface area contributed by atoms with E-state index in [0.29, 0.717) is 0 Å². The van der Waals surface area contributed by atoms with Crippen molar-refractivity contribution in [3.63, 3.8) is 0 Å². The predicted molar refractivity (Wildman–Crippen MR) is 61.7 cm³/mol. The van der Waals surface area contributed by atoms with Crippen molar-refractivity contribution in [3.05, 3.63) is 29.8 Å². The third-order valence-electron chi connectivity index (χ3n) is 3.34. The maximum atomic E-state index is 2.39. The fourth-order valence-corrected chi connectivity index (χ4v) is 2.30. The van der Waals surface area contributed by atoms with Gasteiger partial charge in [0.25, 0.3) is 0 Å². The minimum Gasteiger partial charge on any atom is -0.374 e. The highest BCUT2D eigenvalue weighted by Gasteiger charge is 2.23. The second-order valence-corrected chi connectivity index (χ2v) is 4.72. The summed E-state index contributed by atoms with van der Waals surface area (Å²) in [4.78, 5) is 2.39. The number of nitrogens with zero attached hydrogens (tertiary/aromatic N) is 1. The summed E-state index contributed by atoms with van der Waals surface area (Å²) in [5.41, 5.74) is 2.93. The van der Waals surface area contributed by atoms with Gasteiger partial charge in [0.2, 0.25) is 0 Å². The van der Waals surface area contributed by atoms with Crippen LogP contribution in [0.25, 0.3) is 0 Å². The van der Waals surface area contributed by atoms with E-state index in [-0.39, 0.29) is 0 Å². The second-order valence-electron chi connectivity index (χ2n) is 4.72. The summed E-state index contributed by atoms with van der Waals surface area (Å²) < 4.78 is 0. The number of fused-ring (bicyclic) bond motifs is 1. The molecule has 1 heteroatoms. The molecule has 0 spiro atoms. The van der Waals surface area contributed by atoms with Crippen LogP contribution in [0.5, 0.6) is 0 Å². The quantitative estimate of drug-likeness (QED) is 0.656. The fraction of sp³-hybridized carbons (Fsp3) is 0.538. The molecule has 0 amide bonds. The van der Waals surface area contributed by atoms with Gasteiger partial charge in [0.1, 0.15) is 0 Å². The molecule has 1 aromatic rings. The highest BCUT2D eigenvalue weighted by atomic mass is 15.1. The van der Waals surface area contributed by atoms with Crippen LogP contribution in [-0.4, -0.2) is 13.6 Å². The van der Waals surface area contributed by atoms with Crippen molar-refractivity contribution in [1.29, 1.82) is 0 Å². The number of benzene rings is 1. The monoisotopic (exact) mass is 189 g/mol. The third kappa shape index (κ3) is 1.63. The van der Waals surface area contributed by atoms with Crippen molar-refractivity contribution < 1.29 is 0 Å². The molecule has 0 unspecified atom stereocenters. The van der Waals surface area contributed by atoms with Crippen molar-refractivity contribution in [3.8, 4) is 0 Å². The van der Waals surface area contributed by atoms with E-state index in [2.05, 4.69) is 50.1 Å². The second kappa shape index (κ2) is 3.64. The molecule has 0 radical (unpaired) electrons. The van der Waals surface area contributed by atoms with Crippen molar-refractivity contribution in [2.24, 2.45) is 11.8 Å². The summed E-state index contributed by atoms with van der Waals surface area (Å²) in [5.74, 6) is 1.60. The van der Waals surface area contributed by atoms with Crippen molar-refractivity contribution in [2.45, 2.75) is 20.3 Å². The van der Waals surface area contributed by atoms with Gasteiger partial charge in [-0.2, -0.15) is 0 Å². The standard InChI is InChI=1S/C13H19N/c1-10(2)12-8-11-6-4-5-7-13(11)14(3)9-12/h4-7,10,12H,8-9H2,1-3H3/t12-/m1/s1. The number of rotatable bonds is 1. The Morgan fingerprint density at radius 1 is 1.29 bits per heavy atom. The van der Waals surface area contributed by atoms with E-state index in [0.717, 1.165) is 11.8 Å². The molecule has 0 saturated heterocycles. The maximum absolute atomic E-state index is 2.39. The van der Waals surface area contributed by atoms with E-state index in [1.807, 2.05) is 0 Å². The topological polar surface area (TPSA) is 3.24 Å². The molecule has 0 aromatic heterocycles. The molecule has 14 heavy (non-hydrogen) atoms. The first kappa shape index (κ1) is 9.57. The first-order valence-electron chi connectivity index (χ1n) is 5.47. The van der Waals surface area contributed by atoms with Gasteiger partial charge in [-0.1, -0.05) is 32.0 Å². The molecule has 76 valence electrons. The Morgan fingerprint density at radius 3 is 2.71 bits per heavy atom. The number of hydrogen-bond acceptors (Lipinski definition) is 1. The van der Waals surface area contributed by atoms with Crippen LogP contribution in [0, 0.1) is 11.8 Å². The maximum Gasteiger partial charge on any atom is 0.0396 e. The van der Waals surface area contributed by atoms with Gasteiger partial charge in [0.15, 0.2) is 0 Å². The Labute approximate surface area is 86.7 Å². The average molecular weight is 189 g/mol. The van der Waals surface area contributed by atoms with E-state index >= 15 is 0 Å². The molecular weight excluding hydrogens is 170 g/mol. The number of anilines is 1. The molecule has 1 nitrogen and oxygen atoms in total. The van der Waals surface area contributed by atoms with Crippen LogP contribution in [-0.2, 0) is 6.42 Å². The smallest absolute Gasteiger partial charge is 0.0396 e. The molecule has 0 bridgehead atoms. The first-order chi connectivity index (χ1) is 6.68. The van der Waals surface area contributed by atoms with E-state index in [9.17, 15) is 0 Å². The van der Waals surface area contributed by atoms with Gasteiger partial charge >= 0.3 is 0 Å². The largest absolute Gasteiger partial charge is 0.374 e. The summed E-state index contributed by atoms with van der Waals surface area (Å²) in [5, 5.41) is 0. The van der Waals surface area contributed by atoms with Gasteiger partial charge in [-0.15, -0.1) is 0 Å². The summed E-state index contributed by atoms with van der Waals surface area (Å²) in [6.07, 6.45) is 1.25. The van der Waals surface area contributed by atoms with E-state index < -0.39 is 0 Å². The lowest BCUT2D eigenvalue weighted by atomic mass is 9.85. The van der Waals surface area contributed by atoms with Gasteiger partial charge in [0.05, 0.1) is 0 Å². The van der Waals surface area contributed by atoms with Crippen LogP contribution in [0.4, 0.5) is 5.69 Å². The Balaban J connectivity index is 2.29. The molecule has 0 saturated carbocycles. The minimum absolute atomic E-state index is 0.783. The van der Waals surface area contributed by atoms with Gasteiger partial charge in [-0.25, -0.2) is 0 Å². The third-order valence-corrected chi connectivity index (χ3v) is 3.34. The Hall–Kier alpha value is -0.980. The summed E-state index contributed by atoms with van der Waals surface area (Å²) >= 11 is 0. The molecule has 1 heterocycles. The Bertz CT molecular complexity index is 317. The molecule has 1 aliphatic rings. The molecular formula is C13H19N. The summed E-state index contributed by atoms with van der Waals surface area (Å²) in [6, 6.07) is 8.77. The molecule has 1 aromatic carbocycles. The van der Waals surface area contributed by atoms with Gasteiger partial charge in [-0.05, 0) is 29.9 Å². The minimum atomic E-state index is 0.783. The van der Waals surface area contributed by atoms with Crippen molar-refractivity contribution >= 4 is 5.69 Å². The zero-order valence-electron chi connectivity index (χ0n) is 9.33. The normalized spacial score (nSPS) is 21.1.